The summed E-state index contributed by atoms with van der Waals surface area (Å²) >= 11 is 0. The van der Waals surface area contributed by atoms with E-state index in [9.17, 15) is 9.59 Å². The molecule has 0 radical (unpaired) electrons. The van der Waals surface area contributed by atoms with Crippen LogP contribution in [-0.4, -0.2) is 36.4 Å². The van der Waals surface area contributed by atoms with Gasteiger partial charge in [-0.05, 0) is 80.1 Å². The van der Waals surface area contributed by atoms with E-state index in [1.165, 1.54) is 5.57 Å². The molecule has 0 bridgehead atoms. The molecule has 6 aliphatic rings. The van der Waals surface area contributed by atoms with Crippen LogP contribution < -0.4 is 0 Å². The predicted molar refractivity (Wildman–Crippen MR) is 132 cm³/mol. The number of fused-ring (bicyclic) bond motifs is 7. The van der Waals surface area contributed by atoms with Crippen molar-refractivity contribution in [2.45, 2.75) is 110 Å². The number of rotatable bonds is 2. The van der Waals surface area contributed by atoms with Crippen molar-refractivity contribution in [3.8, 4) is 0 Å². The Hall–Kier alpha value is -1.20. The summed E-state index contributed by atoms with van der Waals surface area (Å²) < 4.78 is 19.0. The van der Waals surface area contributed by atoms with Gasteiger partial charge < -0.3 is 14.2 Å². The molecule has 0 unspecified atom stereocenters. The molecule has 0 aromatic rings. The summed E-state index contributed by atoms with van der Waals surface area (Å²) in [5.41, 5.74) is 1.10. The van der Waals surface area contributed by atoms with Crippen molar-refractivity contribution in [2.24, 2.45) is 46.3 Å². The SMILES string of the molecule is CCC(=O)O[C@H]1CC[C@]2(C)C3=CC(=O)[C@]4(C)[C@@H]5[C@@H](C[C@@H]4[C@@H]3CC[C@H]2C1)O[C@]1(CC[C@H](C)CO1)[C@H]5C. The van der Waals surface area contributed by atoms with Crippen molar-refractivity contribution in [3.05, 3.63) is 11.6 Å². The molecule has 0 N–H and O–H groups in total. The van der Waals surface area contributed by atoms with Crippen LogP contribution in [0.25, 0.3) is 0 Å². The molecule has 6 rings (SSSR count). The molecule has 4 aliphatic carbocycles. The molecule has 0 aromatic carbocycles. The van der Waals surface area contributed by atoms with Crippen LogP contribution in [0.5, 0.6) is 0 Å². The summed E-state index contributed by atoms with van der Waals surface area (Å²) in [5, 5.41) is 0. The first-order chi connectivity index (χ1) is 16.6. The second-order valence-electron chi connectivity index (χ2n) is 13.4. The van der Waals surface area contributed by atoms with Crippen LogP contribution in [-0.2, 0) is 23.8 Å². The lowest BCUT2D eigenvalue weighted by atomic mass is 9.48. The summed E-state index contributed by atoms with van der Waals surface area (Å²) in [6.07, 6.45) is 10.9. The lowest BCUT2D eigenvalue weighted by Crippen LogP contribution is -2.53. The van der Waals surface area contributed by atoms with E-state index in [2.05, 4.69) is 33.8 Å². The highest BCUT2D eigenvalue weighted by Gasteiger charge is 2.70. The summed E-state index contributed by atoms with van der Waals surface area (Å²) in [7, 11) is 0. The van der Waals surface area contributed by atoms with Gasteiger partial charge in [-0.15, -0.1) is 0 Å². The standard InChI is InChI=1S/C30H44O5/c1-6-26(32)34-20-10-11-28(4)19(13-20)7-8-21-22(28)15-25(31)29(5)23(21)14-24-27(29)18(3)30(35-24)12-9-17(2)16-33-30/h15,17-21,23-24,27H,6-14,16H2,1-5H3/t17-,18-,19-,20-,21+,23+,24+,27-,28-,29+,30+/m0/s1. The number of carbonyl (C=O) groups excluding carboxylic acids is 2. The first-order valence-electron chi connectivity index (χ1n) is 14.4. The van der Waals surface area contributed by atoms with Crippen molar-refractivity contribution in [1.82, 2.24) is 0 Å². The van der Waals surface area contributed by atoms with Crippen molar-refractivity contribution in [3.63, 3.8) is 0 Å². The molecule has 2 saturated heterocycles. The highest BCUT2D eigenvalue weighted by molar-refractivity contribution is 5.97. The van der Waals surface area contributed by atoms with Gasteiger partial charge in [0.15, 0.2) is 11.6 Å². The summed E-state index contributed by atoms with van der Waals surface area (Å²) in [5.74, 6) is 2.14. The number of allylic oxidation sites excluding steroid dienone is 2. The molecule has 2 aliphatic heterocycles. The number of carbonyl (C=O) groups is 2. The third-order valence-electron chi connectivity index (χ3n) is 11.7. The van der Waals surface area contributed by atoms with Crippen molar-refractivity contribution in [2.75, 3.05) is 6.61 Å². The first kappa shape index (κ1) is 24.2. The monoisotopic (exact) mass is 484 g/mol. The molecule has 0 amide bonds. The fourth-order valence-corrected chi connectivity index (χ4v) is 9.64. The Balaban J connectivity index is 1.27. The van der Waals surface area contributed by atoms with Crippen molar-refractivity contribution >= 4 is 11.8 Å². The number of esters is 1. The van der Waals surface area contributed by atoms with Gasteiger partial charge in [-0.25, -0.2) is 0 Å². The largest absolute Gasteiger partial charge is 0.462 e. The van der Waals surface area contributed by atoms with Crippen LogP contribution in [0.1, 0.15) is 92.4 Å². The van der Waals surface area contributed by atoms with Gasteiger partial charge in [-0.3, -0.25) is 9.59 Å². The Kier molecular flexibility index (Phi) is 5.62. The third-order valence-corrected chi connectivity index (χ3v) is 11.7. The maximum atomic E-state index is 14.1. The molecule has 0 aromatic heterocycles. The fourth-order valence-electron chi connectivity index (χ4n) is 9.64. The molecule has 11 atom stereocenters. The fraction of sp³-hybridized carbons (Fsp3) is 0.867. The molecule has 35 heavy (non-hydrogen) atoms. The smallest absolute Gasteiger partial charge is 0.305 e. The van der Waals surface area contributed by atoms with Crippen molar-refractivity contribution in [1.29, 1.82) is 0 Å². The number of hydrogen-bond acceptors (Lipinski definition) is 5. The van der Waals surface area contributed by atoms with E-state index in [0.717, 1.165) is 58.0 Å². The van der Waals surface area contributed by atoms with E-state index in [1.807, 2.05) is 6.92 Å². The zero-order chi connectivity index (χ0) is 24.8. The first-order valence-corrected chi connectivity index (χ1v) is 14.4. The van der Waals surface area contributed by atoms with Crippen LogP contribution in [0, 0.1) is 46.3 Å². The van der Waals surface area contributed by atoms with Gasteiger partial charge in [-0.1, -0.05) is 40.2 Å². The minimum absolute atomic E-state index is 0.0386. The van der Waals surface area contributed by atoms with Gasteiger partial charge in [-0.2, -0.15) is 0 Å². The third kappa shape index (κ3) is 3.32. The van der Waals surface area contributed by atoms with Gasteiger partial charge in [0.2, 0.25) is 0 Å². The summed E-state index contributed by atoms with van der Waals surface area (Å²) in [6.45, 7) is 11.8. The van der Waals surface area contributed by atoms with E-state index >= 15 is 0 Å². The zero-order valence-electron chi connectivity index (χ0n) is 22.3. The second-order valence-corrected chi connectivity index (χ2v) is 13.4. The zero-order valence-corrected chi connectivity index (χ0v) is 22.3. The molecule has 1 spiro atoms. The lowest BCUT2D eigenvalue weighted by molar-refractivity contribution is -0.271. The second kappa shape index (κ2) is 8.15. The topological polar surface area (TPSA) is 61.8 Å². The number of ketones is 1. The van der Waals surface area contributed by atoms with Gasteiger partial charge in [0, 0.05) is 30.1 Å². The Morgan fingerprint density at radius 2 is 1.91 bits per heavy atom. The van der Waals surface area contributed by atoms with Crippen LogP contribution in [0.3, 0.4) is 0 Å². The normalized spacial score (nSPS) is 52.8. The van der Waals surface area contributed by atoms with Gasteiger partial charge in [0.25, 0.3) is 0 Å². The number of hydrogen-bond donors (Lipinski definition) is 0. The number of ether oxygens (including phenoxy) is 3. The minimum Gasteiger partial charge on any atom is -0.462 e. The van der Waals surface area contributed by atoms with Crippen LogP contribution in [0.15, 0.2) is 11.6 Å². The van der Waals surface area contributed by atoms with Crippen LogP contribution in [0.2, 0.25) is 0 Å². The van der Waals surface area contributed by atoms with E-state index in [-0.39, 0.29) is 40.8 Å². The van der Waals surface area contributed by atoms with E-state index in [4.69, 9.17) is 14.2 Å². The predicted octanol–water partition coefficient (Wildman–Crippen LogP) is 5.85. The Labute approximate surface area is 210 Å². The maximum absolute atomic E-state index is 14.1. The van der Waals surface area contributed by atoms with Crippen molar-refractivity contribution < 1.29 is 23.8 Å². The van der Waals surface area contributed by atoms with E-state index in [1.54, 1.807) is 0 Å². The molecule has 194 valence electrons. The molecular weight excluding hydrogens is 440 g/mol. The van der Waals surface area contributed by atoms with Gasteiger partial charge in [0.1, 0.15) is 6.10 Å². The average Bonchev–Trinajstić information content (AvgIpc) is 3.28. The van der Waals surface area contributed by atoms with Gasteiger partial charge in [0.05, 0.1) is 12.7 Å². The highest BCUT2D eigenvalue weighted by atomic mass is 16.7. The van der Waals surface area contributed by atoms with E-state index in [0.29, 0.717) is 35.9 Å². The molecule has 2 heterocycles. The van der Waals surface area contributed by atoms with Crippen LogP contribution >= 0.6 is 0 Å². The van der Waals surface area contributed by atoms with Gasteiger partial charge >= 0.3 is 5.97 Å². The lowest BCUT2D eigenvalue weighted by Gasteiger charge is -2.56. The minimum atomic E-state index is -0.488. The molecule has 5 fully saturated rings. The summed E-state index contributed by atoms with van der Waals surface area (Å²) in [6, 6.07) is 0. The van der Waals surface area contributed by atoms with Crippen LogP contribution in [0.4, 0.5) is 0 Å². The Bertz CT molecular complexity index is 931. The maximum Gasteiger partial charge on any atom is 0.305 e. The average molecular weight is 485 g/mol. The quantitative estimate of drug-likeness (QED) is 0.460. The Morgan fingerprint density at radius 1 is 1.11 bits per heavy atom. The molecule has 3 saturated carbocycles. The highest BCUT2D eigenvalue weighted by Crippen LogP contribution is 2.69. The molecule has 5 heteroatoms. The Morgan fingerprint density at radius 3 is 2.63 bits per heavy atom. The summed E-state index contributed by atoms with van der Waals surface area (Å²) in [4.78, 5) is 26.0. The molecular formula is C30H44O5. The molecule has 5 nitrogen and oxygen atoms in total. The van der Waals surface area contributed by atoms with E-state index < -0.39 is 5.79 Å².